The molecule has 1 rings (SSSR count). The summed E-state index contributed by atoms with van der Waals surface area (Å²) in [4.78, 5) is 3.03. The molecular formula is C6H5F3N2. The third kappa shape index (κ3) is 1.60. The number of rotatable bonds is 1. The average Bonchev–Trinajstić information content (AvgIpc) is 1.94. The Hall–Kier alpha value is -1.26. The molecule has 1 aromatic rings. The fourth-order valence-corrected chi connectivity index (χ4v) is 0.635. The van der Waals surface area contributed by atoms with E-state index in [2.05, 4.69) is 4.98 Å². The lowest BCUT2D eigenvalue weighted by atomic mass is 10.3. The van der Waals surface area contributed by atoms with Crippen molar-refractivity contribution < 1.29 is 13.2 Å². The number of nitrogen functional groups attached to an aromatic ring is 1. The highest BCUT2D eigenvalue weighted by atomic mass is 19.3. The molecule has 0 bridgehead atoms. The summed E-state index contributed by atoms with van der Waals surface area (Å²) in [5, 5.41) is 0. The number of pyridine rings is 1. The number of hydrogen-bond acceptors (Lipinski definition) is 2. The van der Waals surface area contributed by atoms with Crippen LogP contribution in [0.2, 0.25) is 0 Å². The van der Waals surface area contributed by atoms with Crippen LogP contribution in [-0.4, -0.2) is 4.98 Å². The lowest BCUT2D eigenvalue weighted by molar-refractivity contribution is 0.145. The van der Waals surface area contributed by atoms with Crippen molar-refractivity contribution in [1.82, 2.24) is 4.98 Å². The molecule has 0 aromatic carbocycles. The molecule has 0 aliphatic rings. The van der Waals surface area contributed by atoms with E-state index in [1.54, 1.807) is 0 Å². The van der Waals surface area contributed by atoms with E-state index in [9.17, 15) is 13.2 Å². The van der Waals surface area contributed by atoms with Crippen LogP contribution in [0.1, 0.15) is 12.0 Å². The summed E-state index contributed by atoms with van der Waals surface area (Å²) in [5.41, 5.74) is 4.37. The van der Waals surface area contributed by atoms with Crippen molar-refractivity contribution in [3.8, 4) is 0 Å². The minimum absolute atomic E-state index is 0.0294. The second-order valence-electron chi connectivity index (χ2n) is 1.95. The maximum atomic E-state index is 12.4. The normalized spacial score (nSPS) is 10.5. The number of nitrogens with zero attached hydrogens (tertiary/aromatic N) is 1. The molecule has 0 radical (unpaired) electrons. The van der Waals surface area contributed by atoms with Gasteiger partial charge in [-0.3, -0.25) is 0 Å². The van der Waals surface area contributed by atoms with Gasteiger partial charge in [0.15, 0.2) is 0 Å². The van der Waals surface area contributed by atoms with Gasteiger partial charge in [0.25, 0.3) is 6.43 Å². The van der Waals surface area contributed by atoms with E-state index >= 15 is 0 Å². The molecule has 2 nitrogen and oxygen atoms in total. The van der Waals surface area contributed by atoms with Gasteiger partial charge in [-0.1, -0.05) is 0 Å². The van der Waals surface area contributed by atoms with Gasteiger partial charge in [-0.2, -0.15) is 4.39 Å². The summed E-state index contributed by atoms with van der Waals surface area (Å²) in [5.74, 6) is -1.17. The summed E-state index contributed by atoms with van der Waals surface area (Å²) in [7, 11) is 0. The summed E-state index contributed by atoms with van der Waals surface area (Å²) in [6.07, 6.45) is -1.88. The largest absolute Gasteiger partial charge is 0.397 e. The predicted octanol–water partition coefficient (Wildman–Crippen LogP) is 1.74. The highest BCUT2D eigenvalue weighted by molar-refractivity contribution is 5.37. The molecule has 0 saturated heterocycles. The smallest absolute Gasteiger partial charge is 0.268 e. The Labute approximate surface area is 60.9 Å². The first-order valence-electron chi connectivity index (χ1n) is 2.80. The Bertz CT molecular complexity index is 262. The molecule has 2 N–H and O–H groups in total. The zero-order valence-corrected chi connectivity index (χ0v) is 5.39. The van der Waals surface area contributed by atoms with Crippen molar-refractivity contribution in [2.75, 3.05) is 5.73 Å². The van der Waals surface area contributed by atoms with Gasteiger partial charge in [0.05, 0.1) is 17.4 Å². The fraction of sp³-hybridized carbons (Fsp3) is 0.167. The average molecular weight is 162 g/mol. The van der Waals surface area contributed by atoms with Crippen molar-refractivity contribution in [1.29, 1.82) is 0 Å². The monoisotopic (exact) mass is 162 g/mol. The quantitative estimate of drug-likeness (QED) is 0.639. The van der Waals surface area contributed by atoms with Gasteiger partial charge in [0, 0.05) is 0 Å². The lowest BCUT2D eigenvalue weighted by Gasteiger charge is -2.00. The minimum atomic E-state index is -2.87. The van der Waals surface area contributed by atoms with E-state index in [1.165, 1.54) is 0 Å². The summed E-state index contributed by atoms with van der Waals surface area (Å²) in [6.45, 7) is 0. The highest BCUT2D eigenvalue weighted by Crippen LogP contribution is 2.21. The number of alkyl halides is 2. The van der Waals surface area contributed by atoms with Gasteiger partial charge in [0.1, 0.15) is 0 Å². The van der Waals surface area contributed by atoms with Crippen LogP contribution in [0.25, 0.3) is 0 Å². The van der Waals surface area contributed by atoms with Crippen LogP contribution in [-0.2, 0) is 0 Å². The zero-order chi connectivity index (χ0) is 8.43. The molecule has 0 spiro atoms. The molecule has 0 saturated carbocycles. The molecular weight excluding hydrogens is 157 g/mol. The standard InChI is InChI=1S/C6H5F3N2/c7-5(8)4-1-3(10)2-11-6(4)9/h1-2,5H,10H2. The molecule has 0 atom stereocenters. The van der Waals surface area contributed by atoms with Crippen LogP contribution in [0.3, 0.4) is 0 Å². The van der Waals surface area contributed by atoms with Crippen molar-refractivity contribution >= 4 is 5.69 Å². The van der Waals surface area contributed by atoms with Crippen molar-refractivity contribution in [3.63, 3.8) is 0 Å². The lowest BCUT2D eigenvalue weighted by Crippen LogP contribution is -1.96. The van der Waals surface area contributed by atoms with E-state index in [-0.39, 0.29) is 5.69 Å². The summed E-state index contributed by atoms with van der Waals surface area (Å²) >= 11 is 0. The first kappa shape index (κ1) is 7.84. The number of hydrogen-bond donors (Lipinski definition) is 1. The minimum Gasteiger partial charge on any atom is -0.397 e. The molecule has 11 heavy (non-hydrogen) atoms. The molecule has 0 aliphatic carbocycles. The molecule has 0 aliphatic heterocycles. The van der Waals surface area contributed by atoms with Gasteiger partial charge < -0.3 is 5.73 Å². The maximum Gasteiger partial charge on any atom is 0.268 e. The Balaban J connectivity index is 3.13. The van der Waals surface area contributed by atoms with E-state index in [1.807, 2.05) is 0 Å². The van der Waals surface area contributed by atoms with Gasteiger partial charge in [-0.25, -0.2) is 13.8 Å². The van der Waals surface area contributed by atoms with Crippen molar-refractivity contribution in [2.45, 2.75) is 6.43 Å². The number of halogens is 3. The molecule has 1 aromatic heterocycles. The van der Waals surface area contributed by atoms with Crippen LogP contribution >= 0.6 is 0 Å². The van der Waals surface area contributed by atoms with Crippen LogP contribution in [0.5, 0.6) is 0 Å². The molecule has 60 valence electrons. The molecule has 5 heteroatoms. The van der Waals surface area contributed by atoms with Crippen molar-refractivity contribution in [3.05, 3.63) is 23.8 Å². The number of aromatic nitrogens is 1. The van der Waals surface area contributed by atoms with Gasteiger partial charge in [-0.15, -0.1) is 0 Å². The third-order valence-electron chi connectivity index (χ3n) is 1.12. The topological polar surface area (TPSA) is 38.9 Å². The zero-order valence-electron chi connectivity index (χ0n) is 5.39. The first-order valence-corrected chi connectivity index (χ1v) is 2.80. The fourth-order valence-electron chi connectivity index (χ4n) is 0.635. The SMILES string of the molecule is Nc1cnc(F)c(C(F)F)c1. The first-order chi connectivity index (χ1) is 5.11. The van der Waals surface area contributed by atoms with Crippen LogP contribution in [0.4, 0.5) is 18.9 Å². The predicted molar refractivity (Wildman–Crippen MR) is 33.6 cm³/mol. The van der Waals surface area contributed by atoms with E-state index in [0.717, 1.165) is 12.3 Å². The number of nitrogens with two attached hydrogens (primary N) is 1. The van der Waals surface area contributed by atoms with E-state index < -0.39 is 17.9 Å². The van der Waals surface area contributed by atoms with Crippen LogP contribution in [0.15, 0.2) is 12.3 Å². The molecule has 0 fully saturated rings. The highest BCUT2D eigenvalue weighted by Gasteiger charge is 2.13. The molecule has 0 unspecified atom stereocenters. The summed E-state index contributed by atoms with van der Waals surface area (Å²) in [6, 6.07) is 0.868. The van der Waals surface area contributed by atoms with Gasteiger partial charge in [0.2, 0.25) is 5.95 Å². The second-order valence-corrected chi connectivity index (χ2v) is 1.95. The Morgan fingerprint density at radius 2 is 2.09 bits per heavy atom. The number of anilines is 1. The second kappa shape index (κ2) is 2.77. The Kier molecular flexibility index (Phi) is 1.98. The van der Waals surface area contributed by atoms with Crippen LogP contribution in [0, 0.1) is 5.95 Å². The maximum absolute atomic E-state index is 12.4. The molecule has 1 heterocycles. The van der Waals surface area contributed by atoms with E-state index in [4.69, 9.17) is 5.73 Å². The summed E-state index contributed by atoms with van der Waals surface area (Å²) < 4.78 is 36.1. The van der Waals surface area contributed by atoms with Crippen LogP contribution < -0.4 is 5.73 Å². The van der Waals surface area contributed by atoms with E-state index in [0.29, 0.717) is 0 Å². The third-order valence-corrected chi connectivity index (χ3v) is 1.12. The Morgan fingerprint density at radius 3 is 2.55 bits per heavy atom. The Morgan fingerprint density at radius 1 is 1.45 bits per heavy atom. The molecule has 0 amide bonds. The van der Waals surface area contributed by atoms with Gasteiger partial charge >= 0.3 is 0 Å². The van der Waals surface area contributed by atoms with Gasteiger partial charge in [-0.05, 0) is 6.07 Å². The van der Waals surface area contributed by atoms with Crippen molar-refractivity contribution in [2.24, 2.45) is 0 Å².